The van der Waals surface area contributed by atoms with E-state index in [0.29, 0.717) is 0 Å². The van der Waals surface area contributed by atoms with E-state index >= 15 is 0 Å². The third-order valence-electron chi connectivity index (χ3n) is 1.15. The van der Waals surface area contributed by atoms with Crippen LogP contribution < -0.4 is 0 Å². The van der Waals surface area contributed by atoms with E-state index in [9.17, 15) is 8.42 Å². The van der Waals surface area contributed by atoms with Crippen molar-refractivity contribution in [3.8, 4) is 0 Å². The van der Waals surface area contributed by atoms with Crippen LogP contribution in [0.4, 0.5) is 0 Å². The lowest BCUT2D eigenvalue weighted by Crippen LogP contribution is -1.96. The molecule has 3 heteroatoms. The molecule has 59 valence electrons. The molecule has 0 heterocycles. The van der Waals surface area contributed by atoms with Gasteiger partial charge in [-0.1, -0.05) is 30.3 Å². The summed E-state index contributed by atoms with van der Waals surface area (Å²) < 4.78 is 21.5. The van der Waals surface area contributed by atoms with E-state index in [-0.39, 0.29) is 0 Å². The van der Waals surface area contributed by atoms with Gasteiger partial charge in [0.05, 0.1) is 0 Å². The third kappa shape index (κ3) is 3.18. The lowest BCUT2D eigenvalue weighted by atomic mass is 10.2. The van der Waals surface area contributed by atoms with Gasteiger partial charge in [-0.25, -0.2) is 8.42 Å². The van der Waals surface area contributed by atoms with Crippen LogP contribution in [0.5, 0.6) is 0 Å². The van der Waals surface area contributed by atoms with Crippen LogP contribution in [0.25, 0.3) is 0 Å². The molecule has 0 amide bonds. The summed E-state index contributed by atoms with van der Waals surface area (Å²) in [5.74, 6) is 1.24. The Hall–Kier alpha value is -0.830. The van der Waals surface area contributed by atoms with Gasteiger partial charge in [0.2, 0.25) is 0 Å². The minimum Gasteiger partial charge on any atom is -0.228 e. The first-order chi connectivity index (χ1) is 5.08. The van der Waals surface area contributed by atoms with Crippen LogP contribution in [0.1, 0.15) is 5.56 Å². The molecule has 0 atom stereocenters. The zero-order chi connectivity index (χ0) is 8.32. The molecule has 0 aromatic heterocycles. The molecule has 11 heavy (non-hydrogen) atoms. The fraction of sp³-hybridized carbons (Fsp3) is 0.125. The maximum atomic E-state index is 10.7. The topological polar surface area (TPSA) is 34.1 Å². The van der Waals surface area contributed by atoms with E-state index in [1.54, 1.807) is 24.3 Å². The molecule has 0 aliphatic carbocycles. The van der Waals surface area contributed by atoms with Crippen LogP contribution in [0.2, 0.25) is 0 Å². The molecule has 0 bridgehead atoms. The minimum atomic E-state index is -3.00. The Morgan fingerprint density at radius 1 is 1.18 bits per heavy atom. The standard InChI is InChI=1S/C8H9O2S/c1-11(9,10)7-8-5-3-2-4-6-8/h2-7H,1H3. The first-order valence-corrected chi connectivity index (χ1v) is 5.13. The molecular weight excluding hydrogens is 160 g/mol. The summed E-state index contributed by atoms with van der Waals surface area (Å²) in [5, 5.41) is 0. The lowest BCUT2D eigenvalue weighted by Gasteiger charge is -1.95. The van der Waals surface area contributed by atoms with Gasteiger partial charge in [-0.05, 0) is 5.56 Å². The van der Waals surface area contributed by atoms with Crippen LogP contribution in [0.15, 0.2) is 30.3 Å². The second kappa shape index (κ2) is 3.05. The number of benzene rings is 1. The fourth-order valence-electron chi connectivity index (χ4n) is 0.779. The molecule has 0 fully saturated rings. The summed E-state index contributed by atoms with van der Waals surface area (Å²) in [6.45, 7) is 0. The second-order valence-electron chi connectivity index (χ2n) is 2.36. The summed E-state index contributed by atoms with van der Waals surface area (Å²) in [6.07, 6.45) is 1.18. The van der Waals surface area contributed by atoms with E-state index in [1.807, 2.05) is 6.07 Å². The lowest BCUT2D eigenvalue weighted by molar-refractivity contribution is 0.608. The second-order valence-corrected chi connectivity index (χ2v) is 4.25. The molecule has 2 nitrogen and oxygen atoms in total. The highest BCUT2D eigenvalue weighted by Crippen LogP contribution is 2.05. The maximum absolute atomic E-state index is 10.7. The van der Waals surface area contributed by atoms with Crippen molar-refractivity contribution in [1.82, 2.24) is 0 Å². The highest BCUT2D eigenvalue weighted by Gasteiger charge is 2.02. The van der Waals surface area contributed by atoms with E-state index in [0.717, 1.165) is 5.56 Å². The van der Waals surface area contributed by atoms with E-state index in [1.165, 1.54) is 12.0 Å². The number of rotatable bonds is 2. The predicted molar refractivity (Wildman–Crippen MR) is 44.7 cm³/mol. The quantitative estimate of drug-likeness (QED) is 0.667. The average Bonchev–Trinajstić information content (AvgIpc) is 1.85. The first-order valence-electron chi connectivity index (χ1n) is 3.18. The smallest absolute Gasteiger partial charge is 0.156 e. The summed E-state index contributed by atoms with van der Waals surface area (Å²) in [7, 11) is -3.00. The summed E-state index contributed by atoms with van der Waals surface area (Å²) in [4.78, 5) is 0. The molecule has 1 aromatic rings. The van der Waals surface area contributed by atoms with Gasteiger partial charge in [0.15, 0.2) is 9.84 Å². The van der Waals surface area contributed by atoms with Crippen molar-refractivity contribution in [2.24, 2.45) is 0 Å². The SMILES string of the molecule is CS(=O)(=O)[CH]c1ccccc1. The molecule has 1 radical (unpaired) electrons. The molecule has 0 saturated heterocycles. The average molecular weight is 169 g/mol. The zero-order valence-electron chi connectivity index (χ0n) is 6.19. The molecular formula is C8H9O2S. The maximum Gasteiger partial charge on any atom is 0.156 e. The minimum absolute atomic E-state index is 0.718. The Kier molecular flexibility index (Phi) is 2.29. The highest BCUT2D eigenvalue weighted by atomic mass is 32.2. The zero-order valence-corrected chi connectivity index (χ0v) is 7.01. The van der Waals surface area contributed by atoms with Gasteiger partial charge < -0.3 is 0 Å². The van der Waals surface area contributed by atoms with Crippen LogP contribution in [0, 0.1) is 5.75 Å². The number of hydrogen-bond acceptors (Lipinski definition) is 2. The van der Waals surface area contributed by atoms with Crippen molar-refractivity contribution in [3.63, 3.8) is 0 Å². The molecule has 1 aromatic carbocycles. The van der Waals surface area contributed by atoms with Crippen LogP contribution in [-0.2, 0) is 9.84 Å². The van der Waals surface area contributed by atoms with Crippen LogP contribution in [0.3, 0.4) is 0 Å². The Balaban J connectivity index is 2.82. The van der Waals surface area contributed by atoms with Crippen molar-refractivity contribution in [2.75, 3.05) is 6.26 Å². The number of sulfone groups is 1. The summed E-state index contributed by atoms with van der Waals surface area (Å²) >= 11 is 0. The normalized spacial score (nSPS) is 11.4. The molecule has 0 aliphatic heterocycles. The first kappa shape index (κ1) is 8.27. The van der Waals surface area contributed by atoms with Crippen molar-refractivity contribution in [1.29, 1.82) is 0 Å². The number of hydrogen-bond donors (Lipinski definition) is 0. The molecule has 0 saturated carbocycles. The van der Waals surface area contributed by atoms with Crippen molar-refractivity contribution < 1.29 is 8.42 Å². The van der Waals surface area contributed by atoms with Gasteiger partial charge in [-0.2, -0.15) is 0 Å². The van der Waals surface area contributed by atoms with Crippen LogP contribution >= 0.6 is 0 Å². The van der Waals surface area contributed by atoms with E-state index in [4.69, 9.17) is 0 Å². The molecule has 0 unspecified atom stereocenters. The van der Waals surface area contributed by atoms with Gasteiger partial charge in [0.1, 0.15) is 5.75 Å². The van der Waals surface area contributed by atoms with Crippen LogP contribution in [-0.4, -0.2) is 14.7 Å². The van der Waals surface area contributed by atoms with E-state index < -0.39 is 9.84 Å². The largest absolute Gasteiger partial charge is 0.228 e. The molecule has 0 spiro atoms. The molecule has 1 rings (SSSR count). The highest BCUT2D eigenvalue weighted by molar-refractivity contribution is 7.92. The van der Waals surface area contributed by atoms with Crippen molar-refractivity contribution in [2.45, 2.75) is 0 Å². The van der Waals surface area contributed by atoms with Gasteiger partial charge in [0.25, 0.3) is 0 Å². The summed E-state index contributed by atoms with van der Waals surface area (Å²) in [6, 6.07) is 8.95. The Morgan fingerprint density at radius 3 is 2.18 bits per heavy atom. The molecule has 0 aliphatic rings. The van der Waals surface area contributed by atoms with Crippen molar-refractivity contribution in [3.05, 3.63) is 41.6 Å². The van der Waals surface area contributed by atoms with Gasteiger partial charge >= 0.3 is 0 Å². The Bertz CT molecular complexity index is 313. The van der Waals surface area contributed by atoms with Gasteiger partial charge in [-0.15, -0.1) is 0 Å². The summed E-state index contributed by atoms with van der Waals surface area (Å²) in [5.41, 5.74) is 0.718. The van der Waals surface area contributed by atoms with Gasteiger partial charge in [0, 0.05) is 6.26 Å². The van der Waals surface area contributed by atoms with E-state index in [2.05, 4.69) is 0 Å². The fourth-order valence-corrected chi connectivity index (χ4v) is 1.43. The third-order valence-corrected chi connectivity index (χ3v) is 1.85. The predicted octanol–water partition coefficient (Wildman–Crippen LogP) is 1.24. The van der Waals surface area contributed by atoms with Gasteiger partial charge in [-0.3, -0.25) is 0 Å². The van der Waals surface area contributed by atoms with Crippen molar-refractivity contribution >= 4 is 9.84 Å². The molecule has 0 N–H and O–H groups in total. The Morgan fingerprint density at radius 2 is 1.73 bits per heavy atom. The monoisotopic (exact) mass is 169 g/mol. The Labute approximate surface area is 66.8 Å².